The van der Waals surface area contributed by atoms with E-state index >= 15 is 0 Å². The van der Waals surface area contributed by atoms with Gasteiger partial charge in [0.15, 0.2) is 0 Å². The van der Waals surface area contributed by atoms with E-state index in [1.165, 1.54) is 22.9 Å². The Morgan fingerprint density at radius 2 is 1.79 bits per heavy atom. The van der Waals surface area contributed by atoms with Crippen LogP contribution < -0.4 is 44.1 Å². The summed E-state index contributed by atoms with van der Waals surface area (Å²) >= 11 is 1.45. The van der Waals surface area contributed by atoms with Gasteiger partial charge in [0.25, 0.3) is 0 Å². The molecule has 1 aliphatic rings. The van der Waals surface area contributed by atoms with E-state index in [-0.39, 0.29) is 24.2 Å². The number of benzene rings is 2. The number of amidine groups is 1. The zero-order valence-electron chi connectivity index (χ0n) is 32.2. The van der Waals surface area contributed by atoms with Crippen LogP contribution in [-0.2, 0) is 35.5 Å². The Kier molecular flexibility index (Phi) is 15.9. The third-order valence-corrected chi connectivity index (χ3v) is 11.4. The number of hydrazone groups is 1. The monoisotopic (exact) mass is 780 g/mol. The van der Waals surface area contributed by atoms with Gasteiger partial charge in [-0.25, -0.2) is 4.98 Å². The van der Waals surface area contributed by atoms with Crippen molar-refractivity contribution in [2.45, 2.75) is 86.8 Å². The van der Waals surface area contributed by atoms with Crippen molar-refractivity contribution >= 4 is 35.5 Å². The van der Waals surface area contributed by atoms with Crippen LogP contribution in [0.15, 0.2) is 82.0 Å². The summed E-state index contributed by atoms with van der Waals surface area (Å²) in [6.07, 6.45) is 15.5. The summed E-state index contributed by atoms with van der Waals surface area (Å²) in [7, 11) is 1.63. The van der Waals surface area contributed by atoms with Gasteiger partial charge in [0, 0.05) is 42.7 Å². The number of hydrogen-bond donors (Lipinski definition) is 8. The molecule has 0 radical (unpaired) electrons. The van der Waals surface area contributed by atoms with Gasteiger partial charge in [-0.05, 0) is 110 Å². The molecule has 0 bridgehead atoms. The SMILES string of the molecule is COc1ccc(-c2ccc(/C(N)=N/N)cc2)c(CNC(=O)C(CCCCCN)Cc2c[nH]c3c2CCC=C3)c1Sc1ncccc1CNC(CCCN)C(N)=O. The first-order valence-corrected chi connectivity index (χ1v) is 20.1. The first-order valence-electron chi connectivity index (χ1n) is 19.3. The van der Waals surface area contributed by atoms with Crippen LogP contribution in [0.2, 0.25) is 0 Å². The number of aromatic amines is 1. The van der Waals surface area contributed by atoms with Crippen LogP contribution in [0.4, 0.5) is 0 Å². The maximum atomic E-state index is 14.3. The molecule has 0 spiro atoms. The number of H-pyrrole nitrogens is 1. The van der Waals surface area contributed by atoms with Crippen molar-refractivity contribution in [3.8, 4) is 16.9 Å². The van der Waals surface area contributed by atoms with Crippen molar-refractivity contribution in [2.75, 3.05) is 20.2 Å². The molecule has 1 aliphatic carbocycles. The summed E-state index contributed by atoms with van der Waals surface area (Å²) in [6.45, 7) is 1.69. The van der Waals surface area contributed by atoms with Gasteiger partial charge in [0.05, 0.1) is 18.0 Å². The molecule has 0 saturated heterocycles. The Morgan fingerprint density at radius 1 is 0.982 bits per heavy atom. The molecule has 4 aromatic rings. The lowest BCUT2D eigenvalue weighted by Crippen LogP contribution is -2.41. The van der Waals surface area contributed by atoms with Crippen LogP contribution in [0.25, 0.3) is 17.2 Å². The molecule has 13 nitrogen and oxygen atoms in total. The van der Waals surface area contributed by atoms with E-state index < -0.39 is 11.9 Å². The minimum absolute atomic E-state index is 0.0104. The number of pyridine rings is 1. The average Bonchev–Trinajstić information content (AvgIpc) is 3.63. The first kappa shape index (κ1) is 42.0. The highest BCUT2D eigenvalue weighted by molar-refractivity contribution is 7.99. The lowest BCUT2D eigenvalue weighted by molar-refractivity contribution is -0.125. The molecule has 0 saturated carbocycles. The largest absolute Gasteiger partial charge is 0.496 e. The van der Waals surface area contributed by atoms with Crippen LogP contribution >= 0.6 is 11.8 Å². The minimum Gasteiger partial charge on any atom is -0.496 e. The molecule has 2 atom stereocenters. The number of unbranched alkanes of at least 4 members (excludes halogenated alkanes) is 2. The summed E-state index contributed by atoms with van der Waals surface area (Å²) in [5, 5.41) is 11.0. The number of nitrogens with zero attached hydrogens (tertiary/aromatic N) is 2. The van der Waals surface area contributed by atoms with E-state index in [4.69, 9.17) is 38.5 Å². The number of allylic oxidation sites excluding steroid dienone is 1. The molecule has 5 rings (SSSR count). The van der Waals surface area contributed by atoms with Crippen LogP contribution in [0, 0.1) is 5.92 Å². The molecular weight excluding hydrogens is 725 g/mol. The lowest BCUT2D eigenvalue weighted by atomic mass is 9.89. The molecule has 2 unspecified atom stereocenters. The second kappa shape index (κ2) is 21.2. The van der Waals surface area contributed by atoms with Gasteiger partial charge >= 0.3 is 0 Å². The zero-order valence-corrected chi connectivity index (χ0v) is 33.0. The zero-order chi connectivity index (χ0) is 39.9. The van der Waals surface area contributed by atoms with Gasteiger partial charge in [0.1, 0.15) is 16.6 Å². The Morgan fingerprint density at radius 3 is 2.52 bits per heavy atom. The number of carbonyl (C=O) groups is 2. The number of aromatic nitrogens is 2. The molecule has 2 aromatic carbocycles. The normalized spacial score (nSPS) is 13.6. The first-order chi connectivity index (χ1) is 27.3. The minimum atomic E-state index is -0.530. The molecular formula is C42H56N10O3S. The van der Waals surface area contributed by atoms with Crippen molar-refractivity contribution in [2.24, 2.45) is 39.8 Å². The summed E-state index contributed by atoms with van der Waals surface area (Å²) < 4.78 is 5.97. The van der Waals surface area contributed by atoms with Gasteiger partial charge in [-0.1, -0.05) is 67.1 Å². The highest BCUT2D eigenvalue weighted by Gasteiger charge is 2.25. The Hall–Kier alpha value is -5.15. The number of rotatable bonds is 22. The quantitative estimate of drug-likeness (QED) is 0.0183. The van der Waals surface area contributed by atoms with E-state index in [2.05, 4.69) is 39.1 Å². The number of nitrogens with one attached hydrogen (secondary N) is 3. The smallest absolute Gasteiger partial charge is 0.234 e. The van der Waals surface area contributed by atoms with Gasteiger partial charge in [-0.15, -0.1) is 0 Å². The predicted molar refractivity (Wildman–Crippen MR) is 225 cm³/mol. The van der Waals surface area contributed by atoms with Crippen LogP contribution in [0.3, 0.4) is 0 Å². The summed E-state index contributed by atoms with van der Waals surface area (Å²) in [4.78, 5) is 35.5. The van der Waals surface area contributed by atoms with Crippen molar-refractivity contribution in [1.82, 2.24) is 20.6 Å². The number of carbonyl (C=O) groups excluding carboxylic acids is 2. The fourth-order valence-corrected chi connectivity index (χ4v) is 8.19. The van der Waals surface area contributed by atoms with Crippen LogP contribution in [0.5, 0.6) is 5.75 Å². The summed E-state index contributed by atoms with van der Waals surface area (Å²) in [6, 6.07) is 14.9. The number of primary amides is 1. The van der Waals surface area contributed by atoms with E-state index in [0.29, 0.717) is 50.2 Å². The predicted octanol–water partition coefficient (Wildman–Crippen LogP) is 4.45. The highest BCUT2D eigenvalue weighted by atomic mass is 32.2. The molecule has 2 heterocycles. The van der Waals surface area contributed by atoms with E-state index in [1.807, 2.05) is 48.5 Å². The standard InChI is InChI=1S/C42H56N10O3S/c1-55-37-19-18-32(27-14-16-28(17-15-27)39(45)52-47)34(38(37)56-42-30(10-8-22-48-42)24-50-36(40(46)53)13-7-21-44)26-51-41(54)29(9-3-2-6-20-43)23-31-25-49-35-12-5-4-11-33(31)35/h5,8,10,12,14-19,22,25,29,36,49-50H,2-4,6-7,9,11,13,20-21,23-24,26,43-44,47H2,1H3,(H2,45,52)(H2,46,53)(H,51,54). The van der Waals surface area contributed by atoms with E-state index in [9.17, 15) is 9.59 Å². The summed E-state index contributed by atoms with van der Waals surface area (Å²) in [5.74, 6) is 5.65. The Labute approximate surface area is 333 Å². The average molecular weight is 781 g/mol. The number of fused-ring (bicyclic) bond motifs is 1. The summed E-state index contributed by atoms with van der Waals surface area (Å²) in [5.41, 5.74) is 31.1. The molecule has 0 aliphatic heterocycles. The third kappa shape index (κ3) is 11.0. The number of ether oxygens (including phenoxy) is 1. The fraction of sp³-hybridized carbons (Fsp3) is 0.381. The second-order valence-electron chi connectivity index (χ2n) is 14.0. The van der Waals surface area contributed by atoms with Gasteiger partial charge in [0.2, 0.25) is 11.8 Å². The number of hydrogen-bond acceptors (Lipinski definition) is 10. The number of amides is 2. The highest BCUT2D eigenvalue weighted by Crippen LogP contribution is 2.42. The van der Waals surface area contributed by atoms with E-state index in [0.717, 1.165) is 76.4 Å². The molecule has 14 heteroatoms. The van der Waals surface area contributed by atoms with Crippen molar-refractivity contribution in [3.05, 3.63) is 101 Å². The molecule has 0 fully saturated rings. The Bertz CT molecular complexity index is 1980. The molecule has 2 amide bonds. The van der Waals surface area contributed by atoms with Gasteiger partial charge in [-0.2, -0.15) is 5.10 Å². The van der Waals surface area contributed by atoms with Gasteiger partial charge < -0.3 is 49.1 Å². The molecule has 56 heavy (non-hydrogen) atoms. The van der Waals surface area contributed by atoms with Gasteiger partial charge in [-0.3, -0.25) is 9.59 Å². The fourth-order valence-electron chi connectivity index (χ4n) is 7.06. The third-order valence-electron chi connectivity index (χ3n) is 10.2. The topological polar surface area (TPSA) is 239 Å². The van der Waals surface area contributed by atoms with Crippen molar-refractivity contribution < 1.29 is 14.3 Å². The maximum Gasteiger partial charge on any atom is 0.234 e. The maximum absolute atomic E-state index is 14.3. The number of methoxy groups -OCH3 is 1. The molecule has 298 valence electrons. The molecule has 2 aromatic heterocycles. The van der Waals surface area contributed by atoms with E-state index in [1.54, 1.807) is 13.3 Å². The number of nitrogens with two attached hydrogens (primary N) is 5. The van der Waals surface area contributed by atoms with Crippen LogP contribution in [-0.4, -0.2) is 53.9 Å². The Balaban J connectivity index is 1.49. The van der Waals surface area contributed by atoms with Crippen LogP contribution in [0.1, 0.15) is 78.5 Å². The van der Waals surface area contributed by atoms with Crippen molar-refractivity contribution in [3.63, 3.8) is 0 Å². The molecule has 13 N–H and O–H groups in total. The second-order valence-corrected chi connectivity index (χ2v) is 15.0. The van der Waals surface area contributed by atoms with Crippen molar-refractivity contribution in [1.29, 1.82) is 0 Å². The lowest BCUT2D eigenvalue weighted by Gasteiger charge is -2.22.